The van der Waals surface area contributed by atoms with Crippen molar-refractivity contribution in [2.24, 2.45) is 0 Å². The van der Waals surface area contributed by atoms with Crippen LogP contribution in [0.3, 0.4) is 0 Å². The number of nitrogens with one attached hydrogen (secondary N) is 1. The molecule has 1 heterocycles. The monoisotopic (exact) mass is 266 g/mol. The molecule has 6 nitrogen and oxygen atoms in total. The van der Waals surface area contributed by atoms with Crippen LogP contribution in [0.4, 0.5) is 0 Å². The fraction of sp³-hybridized carbons (Fsp3) is 0.818. The second kappa shape index (κ2) is 6.71. The maximum atomic E-state index is 8.84. The summed E-state index contributed by atoms with van der Waals surface area (Å²) in [4.78, 5) is 0. The summed E-state index contributed by atoms with van der Waals surface area (Å²) in [5.41, 5.74) is 0. The largest absolute Gasteiger partial charge is 0.305 e. The van der Waals surface area contributed by atoms with Gasteiger partial charge in [0.15, 0.2) is 0 Å². The molecule has 1 saturated carbocycles. The lowest BCUT2D eigenvalue weighted by Gasteiger charge is -2.11. The summed E-state index contributed by atoms with van der Waals surface area (Å²) >= 11 is 1.64. The van der Waals surface area contributed by atoms with Crippen LogP contribution in [0.25, 0.3) is 0 Å². The molecule has 1 atom stereocenters. The second-order valence-electron chi connectivity index (χ2n) is 4.45. The van der Waals surface area contributed by atoms with Gasteiger partial charge in [0.25, 0.3) is 0 Å². The van der Waals surface area contributed by atoms with E-state index in [0.717, 1.165) is 17.3 Å². The maximum Gasteiger partial charge on any atom is 0.209 e. The summed E-state index contributed by atoms with van der Waals surface area (Å²) in [7, 11) is 1.81. The molecule has 1 unspecified atom stereocenters. The molecular weight excluding hydrogens is 248 g/mol. The van der Waals surface area contributed by atoms with Crippen LogP contribution in [0.1, 0.15) is 38.1 Å². The molecular formula is C11H18N6S. The lowest BCUT2D eigenvalue weighted by atomic mass is 10.3. The van der Waals surface area contributed by atoms with E-state index >= 15 is 0 Å². The van der Waals surface area contributed by atoms with Gasteiger partial charge < -0.3 is 5.32 Å². The van der Waals surface area contributed by atoms with Gasteiger partial charge in [-0.3, -0.25) is 0 Å². The number of nitriles is 1. The molecule has 0 bridgehead atoms. The van der Waals surface area contributed by atoms with Crippen molar-refractivity contribution < 1.29 is 0 Å². The molecule has 98 valence electrons. The minimum Gasteiger partial charge on any atom is -0.305 e. The molecule has 0 spiro atoms. The third kappa shape index (κ3) is 3.21. The molecule has 1 aromatic heterocycles. The predicted molar refractivity (Wildman–Crippen MR) is 69.1 cm³/mol. The Morgan fingerprint density at radius 3 is 3.00 bits per heavy atom. The Bertz CT molecular complexity index is 406. The maximum absolute atomic E-state index is 8.84. The normalized spacial score (nSPS) is 17.8. The zero-order chi connectivity index (χ0) is 12.8. The van der Waals surface area contributed by atoms with Crippen molar-refractivity contribution >= 4 is 11.8 Å². The van der Waals surface area contributed by atoms with Crippen molar-refractivity contribution in [2.45, 2.75) is 49.3 Å². The highest BCUT2D eigenvalue weighted by atomic mass is 32.2. The average Bonchev–Trinajstić information content (AvgIpc) is 3.04. The number of tetrazole rings is 1. The zero-order valence-corrected chi connectivity index (χ0v) is 11.4. The first kappa shape index (κ1) is 13.3. The topological polar surface area (TPSA) is 79.4 Å². The Balaban J connectivity index is 1.86. The van der Waals surface area contributed by atoms with Crippen LogP contribution in [0, 0.1) is 11.3 Å². The molecule has 1 fully saturated rings. The van der Waals surface area contributed by atoms with Crippen LogP contribution >= 0.6 is 11.8 Å². The molecule has 1 aliphatic rings. The van der Waals surface area contributed by atoms with Gasteiger partial charge in [-0.2, -0.15) is 5.26 Å². The summed E-state index contributed by atoms with van der Waals surface area (Å²) in [5.74, 6) is 0.853. The van der Waals surface area contributed by atoms with Gasteiger partial charge in [0.05, 0.1) is 18.2 Å². The van der Waals surface area contributed by atoms with E-state index in [-0.39, 0.29) is 6.04 Å². The highest BCUT2D eigenvalue weighted by Gasteiger charge is 2.21. The number of rotatable bonds is 6. The third-order valence-electron chi connectivity index (χ3n) is 3.28. The Labute approximate surface area is 111 Å². The Morgan fingerprint density at radius 1 is 1.56 bits per heavy atom. The van der Waals surface area contributed by atoms with Crippen LogP contribution in [0.5, 0.6) is 0 Å². The van der Waals surface area contributed by atoms with Gasteiger partial charge in [0.2, 0.25) is 5.16 Å². The van der Waals surface area contributed by atoms with E-state index in [9.17, 15) is 0 Å². The number of aromatic nitrogens is 4. The number of nitrogens with zero attached hydrogens (tertiary/aromatic N) is 5. The standard InChI is InChI=1S/C11H18N6S/c1-13-9(8-12)6-7-18-11-14-15-16-17(11)10-4-2-3-5-10/h9-10,13H,2-7H2,1H3. The number of hydrogen-bond donors (Lipinski definition) is 1. The lowest BCUT2D eigenvalue weighted by molar-refractivity contribution is 0.423. The van der Waals surface area contributed by atoms with Crippen molar-refractivity contribution in [3.8, 4) is 6.07 Å². The fourth-order valence-corrected chi connectivity index (χ4v) is 3.15. The van der Waals surface area contributed by atoms with E-state index in [0.29, 0.717) is 6.04 Å². The minimum absolute atomic E-state index is 0.0895. The lowest BCUT2D eigenvalue weighted by Crippen LogP contribution is -2.23. The molecule has 0 saturated heterocycles. The van der Waals surface area contributed by atoms with Crippen LogP contribution in [-0.2, 0) is 0 Å². The van der Waals surface area contributed by atoms with E-state index in [1.54, 1.807) is 18.8 Å². The average molecular weight is 266 g/mol. The van der Waals surface area contributed by atoms with E-state index < -0.39 is 0 Å². The van der Waals surface area contributed by atoms with E-state index in [1.807, 2.05) is 4.68 Å². The third-order valence-corrected chi connectivity index (χ3v) is 4.24. The summed E-state index contributed by atoms with van der Waals surface area (Å²) < 4.78 is 1.96. The van der Waals surface area contributed by atoms with E-state index in [4.69, 9.17) is 5.26 Å². The molecule has 0 aromatic carbocycles. The van der Waals surface area contributed by atoms with Crippen LogP contribution < -0.4 is 5.32 Å². The highest BCUT2D eigenvalue weighted by Crippen LogP contribution is 2.31. The SMILES string of the molecule is CNC(C#N)CCSc1nnnn1C1CCCC1. The summed E-state index contributed by atoms with van der Waals surface area (Å²) in [5, 5.41) is 24.6. The molecule has 0 aliphatic heterocycles. The first-order valence-electron chi connectivity index (χ1n) is 6.32. The van der Waals surface area contributed by atoms with Crippen molar-refractivity contribution in [3.63, 3.8) is 0 Å². The molecule has 1 aromatic rings. The summed E-state index contributed by atoms with van der Waals surface area (Å²) in [6.07, 6.45) is 5.69. The van der Waals surface area contributed by atoms with E-state index in [2.05, 4.69) is 26.9 Å². The Hall–Kier alpha value is -1.13. The van der Waals surface area contributed by atoms with Gasteiger partial charge in [-0.15, -0.1) is 5.10 Å². The Morgan fingerprint density at radius 2 is 2.33 bits per heavy atom. The van der Waals surface area contributed by atoms with Crippen LogP contribution in [0.2, 0.25) is 0 Å². The van der Waals surface area contributed by atoms with Gasteiger partial charge in [-0.1, -0.05) is 24.6 Å². The zero-order valence-electron chi connectivity index (χ0n) is 10.5. The van der Waals surface area contributed by atoms with Crippen molar-refractivity contribution in [2.75, 3.05) is 12.8 Å². The molecule has 0 radical (unpaired) electrons. The van der Waals surface area contributed by atoms with Crippen molar-refractivity contribution in [1.29, 1.82) is 5.26 Å². The van der Waals surface area contributed by atoms with Crippen LogP contribution in [-0.4, -0.2) is 39.0 Å². The molecule has 2 rings (SSSR count). The van der Waals surface area contributed by atoms with Crippen LogP contribution in [0.15, 0.2) is 5.16 Å². The van der Waals surface area contributed by atoms with Gasteiger partial charge in [0.1, 0.15) is 0 Å². The fourth-order valence-electron chi connectivity index (χ4n) is 2.20. The first-order valence-corrected chi connectivity index (χ1v) is 7.31. The Kier molecular flexibility index (Phi) is 4.96. The van der Waals surface area contributed by atoms with Gasteiger partial charge in [-0.05, 0) is 36.7 Å². The molecule has 1 N–H and O–H groups in total. The van der Waals surface area contributed by atoms with Gasteiger partial charge >= 0.3 is 0 Å². The van der Waals surface area contributed by atoms with E-state index in [1.165, 1.54) is 25.7 Å². The van der Waals surface area contributed by atoms with Gasteiger partial charge in [0, 0.05) is 5.75 Å². The first-order chi connectivity index (χ1) is 8.85. The molecule has 0 amide bonds. The van der Waals surface area contributed by atoms with Gasteiger partial charge in [-0.25, -0.2) is 4.68 Å². The summed E-state index contributed by atoms with van der Waals surface area (Å²) in [6.45, 7) is 0. The second-order valence-corrected chi connectivity index (χ2v) is 5.51. The minimum atomic E-state index is -0.0895. The summed E-state index contributed by atoms with van der Waals surface area (Å²) in [6, 6.07) is 2.60. The number of thioether (sulfide) groups is 1. The predicted octanol–water partition coefficient (Wildman–Crippen LogP) is 1.38. The van der Waals surface area contributed by atoms with Crippen molar-refractivity contribution in [3.05, 3.63) is 0 Å². The molecule has 7 heteroatoms. The molecule has 18 heavy (non-hydrogen) atoms. The van der Waals surface area contributed by atoms with Crippen molar-refractivity contribution in [1.82, 2.24) is 25.5 Å². The smallest absolute Gasteiger partial charge is 0.209 e. The molecule has 1 aliphatic carbocycles. The highest BCUT2D eigenvalue weighted by molar-refractivity contribution is 7.99. The number of hydrogen-bond acceptors (Lipinski definition) is 6. The quantitative estimate of drug-likeness (QED) is 0.784.